The first-order chi connectivity index (χ1) is 9.38. The second-order valence-corrected chi connectivity index (χ2v) is 6.40. The van der Waals surface area contributed by atoms with E-state index in [1.165, 1.54) is 0 Å². The molecule has 0 aliphatic rings. The molecule has 1 atom stereocenters. The average molecular weight is 375 g/mol. The van der Waals surface area contributed by atoms with E-state index in [-0.39, 0.29) is 11.8 Å². The molecule has 0 heterocycles. The number of hydrogen-bond donors (Lipinski definition) is 2. The minimum atomic E-state index is -0.119. The Morgan fingerprint density at radius 3 is 2.35 bits per heavy atom. The van der Waals surface area contributed by atoms with Gasteiger partial charge in [0, 0.05) is 10.0 Å². The van der Waals surface area contributed by atoms with Gasteiger partial charge in [-0.15, -0.1) is 0 Å². The van der Waals surface area contributed by atoms with Crippen LogP contribution in [0.2, 0.25) is 10.0 Å². The van der Waals surface area contributed by atoms with E-state index in [1.807, 2.05) is 26.0 Å². The molecule has 2 N–H and O–H groups in total. The van der Waals surface area contributed by atoms with Crippen molar-refractivity contribution in [3.63, 3.8) is 0 Å². The maximum absolute atomic E-state index is 9.95. The van der Waals surface area contributed by atoms with Crippen molar-refractivity contribution in [1.29, 1.82) is 0 Å². The van der Waals surface area contributed by atoms with E-state index in [0.717, 1.165) is 15.6 Å². The van der Waals surface area contributed by atoms with Crippen LogP contribution in [0, 0.1) is 6.92 Å². The van der Waals surface area contributed by atoms with Gasteiger partial charge in [0.25, 0.3) is 0 Å². The van der Waals surface area contributed by atoms with Gasteiger partial charge in [-0.25, -0.2) is 0 Å². The Morgan fingerprint density at radius 1 is 1.15 bits per heavy atom. The normalized spacial score (nSPS) is 12.2. The number of nitrogens with one attached hydrogen (secondary N) is 1. The van der Waals surface area contributed by atoms with Crippen molar-refractivity contribution in [1.82, 2.24) is 0 Å². The number of aromatic hydroxyl groups is 1. The lowest BCUT2D eigenvalue weighted by molar-refractivity contribution is 0.465. The Bertz CT molecular complexity index is 623. The van der Waals surface area contributed by atoms with Gasteiger partial charge in [-0.1, -0.05) is 56.8 Å². The zero-order valence-corrected chi connectivity index (χ0v) is 14.1. The fraction of sp³-hybridized carbons (Fsp3) is 0.200. The highest BCUT2D eigenvalue weighted by atomic mass is 79.9. The van der Waals surface area contributed by atoms with Gasteiger partial charge >= 0.3 is 0 Å². The molecule has 0 spiro atoms. The van der Waals surface area contributed by atoms with Crippen LogP contribution >= 0.6 is 39.1 Å². The second-order valence-electron chi connectivity index (χ2n) is 4.67. The molecule has 0 saturated heterocycles. The highest BCUT2D eigenvalue weighted by Gasteiger charge is 2.14. The van der Waals surface area contributed by atoms with Crippen molar-refractivity contribution in [2.75, 3.05) is 5.32 Å². The van der Waals surface area contributed by atoms with E-state index >= 15 is 0 Å². The zero-order chi connectivity index (χ0) is 14.9. The highest BCUT2D eigenvalue weighted by Crippen LogP contribution is 2.37. The van der Waals surface area contributed by atoms with Crippen molar-refractivity contribution >= 4 is 44.8 Å². The minimum Gasteiger partial charge on any atom is -0.508 e. The maximum Gasteiger partial charge on any atom is 0.120 e. The molecule has 0 bridgehead atoms. The fourth-order valence-corrected chi connectivity index (χ4v) is 3.31. The molecule has 0 fully saturated rings. The van der Waals surface area contributed by atoms with Crippen LogP contribution in [-0.2, 0) is 0 Å². The van der Waals surface area contributed by atoms with Crippen LogP contribution in [0.5, 0.6) is 5.75 Å². The summed E-state index contributed by atoms with van der Waals surface area (Å²) in [5.41, 5.74) is 2.55. The van der Waals surface area contributed by atoms with Crippen molar-refractivity contribution in [2.45, 2.75) is 19.9 Å². The van der Waals surface area contributed by atoms with Crippen LogP contribution < -0.4 is 5.32 Å². The van der Waals surface area contributed by atoms with Crippen molar-refractivity contribution in [3.8, 4) is 5.75 Å². The standard InChI is InChI=1S/C15H14BrCl2NO/c1-8-3-4-14(20)11(5-8)9(2)19-15-12(17)6-10(16)7-13(15)18/h3-7,9,19-20H,1-2H3. The summed E-state index contributed by atoms with van der Waals surface area (Å²) in [6, 6.07) is 8.93. The smallest absolute Gasteiger partial charge is 0.120 e. The van der Waals surface area contributed by atoms with Gasteiger partial charge in [-0.2, -0.15) is 0 Å². The van der Waals surface area contributed by atoms with Crippen molar-refractivity contribution < 1.29 is 5.11 Å². The molecule has 2 aromatic carbocycles. The van der Waals surface area contributed by atoms with E-state index in [9.17, 15) is 5.11 Å². The van der Waals surface area contributed by atoms with Crippen LogP contribution in [0.1, 0.15) is 24.1 Å². The number of phenolic OH excluding ortho intramolecular Hbond substituents is 1. The largest absolute Gasteiger partial charge is 0.508 e. The Morgan fingerprint density at radius 2 is 1.75 bits per heavy atom. The van der Waals surface area contributed by atoms with E-state index in [1.54, 1.807) is 18.2 Å². The second kappa shape index (κ2) is 6.25. The predicted octanol–water partition coefficient (Wildman–Crippen LogP) is 5.94. The lowest BCUT2D eigenvalue weighted by Gasteiger charge is -2.19. The molecular formula is C15H14BrCl2NO. The molecule has 1 unspecified atom stereocenters. The third kappa shape index (κ3) is 3.40. The van der Waals surface area contributed by atoms with E-state index < -0.39 is 0 Å². The number of phenols is 1. The average Bonchev–Trinajstić information content (AvgIpc) is 2.36. The molecular weight excluding hydrogens is 361 g/mol. The number of rotatable bonds is 3. The van der Waals surface area contributed by atoms with Gasteiger partial charge < -0.3 is 10.4 Å². The molecule has 0 amide bonds. The van der Waals surface area contributed by atoms with Gasteiger partial charge in [-0.3, -0.25) is 0 Å². The summed E-state index contributed by atoms with van der Waals surface area (Å²) in [5, 5.41) is 14.3. The van der Waals surface area contributed by atoms with Crippen LogP contribution in [-0.4, -0.2) is 5.11 Å². The zero-order valence-electron chi connectivity index (χ0n) is 11.0. The quantitative estimate of drug-likeness (QED) is 0.696. The molecule has 2 aromatic rings. The van der Waals surface area contributed by atoms with Crippen molar-refractivity contribution in [2.24, 2.45) is 0 Å². The monoisotopic (exact) mass is 373 g/mol. The number of hydrogen-bond acceptors (Lipinski definition) is 2. The molecule has 0 saturated carbocycles. The first-order valence-corrected chi connectivity index (χ1v) is 7.64. The van der Waals surface area contributed by atoms with Gasteiger partial charge in [0.2, 0.25) is 0 Å². The van der Waals surface area contributed by atoms with E-state index in [0.29, 0.717) is 15.7 Å². The summed E-state index contributed by atoms with van der Waals surface area (Å²) in [6.07, 6.45) is 0. The van der Waals surface area contributed by atoms with Gasteiger partial charge in [0.05, 0.1) is 21.8 Å². The molecule has 106 valence electrons. The summed E-state index contributed by atoms with van der Waals surface area (Å²) in [6.45, 7) is 3.93. The summed E-state index contributed by atoms with van der Waals surface area (Å²) in [5.74, 6) is 0.250. The molecule has 20 heavy (non-hydrogen) atoms. The van der Waals surface area contributed by atoms with Crippen LogP contribution in [0.3, 0.4) is 0 Å². The summed E-state index contributed by atoms with van der Waals surface area (Å²) >= 11 is 15.7. The van der Waals surface area contributed by atoms with Crippen LogP contribution in [0.4, 0.5) is 5.69 Å². The number of anilines is 1. The Balaban J connectivity index is 2.32. The minimum absolute atomic E-state index is 0.119. The highest BCUT2D eigenvalue weighted by molar-refractivity contribution is 9.10. The molecule has 2 rings (SSSR count). The molecule has 5 heteroatoms. The predicted molar refractivity (Wildman–Crippen MR) is 89.0 cm³/mol. The summed E-state index contributed by atoms with van der Waals surface area (Å²) in [4.78, 5) is 0. The Hall–Kier alpha value is -0.900. The Kier molecular flexibility index (Phi) is 4.84. The van der Waals surface area contributed by atoms with Gasteiger partial charge in [-0.05, 0) is 32.0 Å². The Labute approximate surface area is 136 Å². The molecule has 0 aliphatic carbocycles. The van der Waals surface area contributed by atoms with Crippen LogP contribution in [0.25, 0.3) is 0 Å². The van der Waals surface area contributed by atoms with Crippen molar-refractivity contribution in [3.05, 3.63) is 56.0 Å². The lowest BCUT2D eigenvalue weighted by atomic mass is 10.0. The topological polar surface area (TPSA) is 32.3 Å². The number of aryl methyl sites for hydroxylation is 1. The molecule has 0 aromatic heterocycles. The SMILES string of the molecule is Cc1ccc(O)c(C(C)Nc2c(Cl)cc(Br)cc2Cl)c1. The summed E-state index contributed by atoms with van der Waals surface area (Å²) < 4.78 is 0.823. The lowest BCUT2D eigenvalue weighted by Crippen LogP contribution is -2.08. The number of halogens is 3. The number of benzene rings is 2. The molecule has 2 nitrogen and oxygen atoms in total. The van der Waals surface area contributed by atoms with Gasteiger partial charge in [0.15, 0.2) is 0 Å². The first-order valence-electron chi connectivity index (χ1n) is 6.09. The molecule has 0 aliphatic heterocycles. The van der Waals surface area contributed by atoms with E-state index in [2.05, 4.69) is 21.2 Å². The van der Waals surface area contributed by atoms with E-state index in [4.69, 9.17) is 23.2 Å². The van der Waals surface area contributed by atoms with Gasteiger partial charge in [0.1, 0.15) is 5.75 Å². The maximum atomic E-state index is 9.95. The summed E-state index contributed by atoms with van der Waals surface area (Å²) in [7, 11) is 0. The molecule has 0 radical (unpaired) electrons. The van der Waals surface area contributed by atoms with Crippen LogP contribution in [0.15, 0.2) is 34.8 Å². The first kappa shape index (κ1) is 15.5. The third-order valence-corrected chi connectivity index (χ3v) is 4.07. The fourth-order valence-electron chi connectivity index (χ4n) is 2.00. The third-order valence-electron chi connectivity index (χ3n) is 3.02.